The van der Waals surface area contributed by atoms with Crippen molar-refractivity contribution in [2.45, 2.75) is 30.2 Å². The van der Waals surface area contributed by atoms with Crippen LogP contribution in [0.15, 0.2) is 39.2 Å². The Morgan fingerprint density at radius 1 is 1.18 bits per heavy atom. The van der Waals surface area contributed by atoms with Crippen LogP contribution in [0.4, 0.5) is 0 Å². The van der Waals surface area contributed by atoms with Crippen molar-refractivity contribution >= 4 is 38.4 Å². The predicted octanol–water partition coefficient (Wildman–Crippen LogP) is 3.49. The van der Waals surface area contributed by atoms with Gasteiger partial charge in [-0.2, -0.15) is 0 Å². The summed E-state index contributed by atoms with van der Waals surface area (Å²) >= 11 is 2.59. The zero-order valence-corrected chi connectivity index (χ0v) is 15.1. The quantitative estimate of drug-likeness (QED) is 0.891. The Morgan fingerprint density at radius 2 is 1.82 bits per heavy atom. The molecule has 0 bridgehead atoms. The molecule has 0 aliphatic carbocycles. The van der Waals surface area contributed by atoms with Crippen molar-refractivity contribution < 1.29 is 13.2 Å². The van der Waals surface area contributed by atoms with Crippen molar-refractivity contribution in [2.75, 3.05) is 6.54 Å². The first-order valence-electron chi connectivity index (χ1n) is 6.82. The average molecular weight is 358 g/mol. The van der Waals surface area contributed by atoms with Gasteiger partial charge in [0, 0.05) is 16.8 Å². The van der Waals surface area contributed by atoms with Gasteiger partial charge in [0.25, 0.3) is 0 Å². The second-order valence-corrected chi connectivity index (χ2v) is 10.2. The van der Waals surface area contributed by atoms with Crippen LogP contribution < -0.4 is 5.32 Å². The maximum absolute atomic E-state index is 12.8. The molecule has 4 nitrogen and oxygen atoms in total. The SMILES string of the molecule is CC(C)(C)C(=O)NC[C@@H](c1cccs1)S(=O)(=O)c1cccs1. The summed E-state index contributed by atoms with van der Waals surface area (Å²) in [5, 5.41) is 5.61. The van der Waals surface area contributed by atoms with Crippen molar-refractivity contribution in [1.29, 1.82) is 0 Å². The van der Waals surface area contributed by atoms with Gasteiger partial charge >= 0.3 is 0 Å². The van der Waals surface area contributed by atoms with Crippen molar-refractivity contribution in [3.8, 4) is 0 Å². The summed E-state index contributed by atoms with van der Waals surface area (Å²) in [5.41, 5.74) is -0.549. The zero-order chi connectivity index (χ0) is 16.4. The van der Waals surface area contributed by atoms with Gasteiger partial charge in [-0.25, -0.2) is 8.42 Å². The standard InChI is InChI=1S/C15H19NO3S3/c1-15(2,3)14(17)16-10-12(11-6-4-8-20-11)22(18,19)13-7-5-9-21-13/h4-9,12H,10H2,1-3H3,(H,16,17)/t12-/m0/s1. The lowest BCUT2D eigenvalue weighted by Gasteiger charge is -2.21. The van der Waals surface area contributed by atoms with Crippen LogP contribution in [-0.2, 0) is 14.6 Å². The first kappa shape index (κ1) is 17.2. The highest BCUT2D eigenvalue weighted by Gasteiger charge is 2.32. The van der Waals surface area contributed by atoms with Crippen molar-refractivity contribution in [1.82, 2.24) is 5.32 Å². The second-order valence-electron chi connectivity index (χ2n) is 5.94. The van der Waals surface area contributed by atoms with Crippen LogP contribution >= 0.6 is 22.7 Å². The van der Waals surface area contributed by atoms with E-state index in [2.05, 4.69) is 5.32 Å². The highest BCUT2D eigenvalue weighted by Crippen LogP contribution is 2.33. The summed E-state index contributed by atoms with van der Waals surface area (Å²) in [6.07, 6.45) is 0. The first-order chi connectivity index (χ1) is 10.2. The molecule has 7 heteroatoms. The third-order valence-electron chi connectivity index (χ3n) is 3.14. The van der Waals surface area contributed by atoms with E-state index in [1.807, 2.05) is 11.4 Å². The molecule has 2 aromatic heterocycles. The molecule has 22 heavy (non-hydrogen) atoms. The van der Waals surface area contributed by atoms with Gasteiger partial charge in [0.2, 0.25) is 5.91 Å². The van der Waals surface area contributed by atoms with E-state index in [1.165, 1.54) is 22.7 Å². The molecule has 1 N–H and O–H groups in total. The van der Waals surface area contributed by atoms with Gasteiger partial charge < -0.3 is 5.32 Å². The molecular formula is C15H19NO3S3. The highest BCUT2D eigenvalue weighted by molar-refractivity contribution is 7.93. The lowest BCUT2D eigenvalue weighted by molar-refractivity contribution is -0.128. The van der Waals surface area contributed by atoms with Crippen LogP contribution in [0.25, 0.3) is 0 Å². The molecule has 0 fully saturated rings. The molecule has 2 heterocycles. The smallest absolute Gasteiger partial charge is 0.225 e. The van der Waals surface area contributed by atoms with Crippen LogP contribution in [-0.4, -0.2) is 20.9 Å². The minimum absolute atomic E-state index is 0.0802. The van der Waals surface area contributed by atoms with Crippen molar-refractivity contribution in [3.05, 3.63) is 39.9 Å². The normalized spacial score (nSPS) is 13.8. The van der Waals surface area contributed by atoms with E-state index in [0.29, 0.717) is 4.21 Å². The Hall–Kier alpha value is -1.18. The van der Waals surface area contributed by atoms with Gasteiger partial charge in [-0.05, 0) is 22.9 Å². The van der Waals surface area contributed by atoms with Gasteiger partial charge in [0.15, 0.2) is 9.84 Å². The van der Waals surface area contributed by atoms with Gasteiger partial charge in [0.1, 0.15) is 9.46 Å². The molecule has 120 valence electrons. The largest absolute Gasteiger partial charge is 0.354 e. The number of sulfone groups is 1. The van der Waals surface area contributed by atoms with E-state index in [-0.39, 0.29) is 12.5 Å². The van der Waals surface area contributed by atoms with Gasteiger partial charge in [-0.15, -0.1) is 22.7 Å². The fourth-order valence-electron chi connectivity index (χ4n) is 1.85. The molecule has 0 saturated carbocycles. The maximum atomic E-state index is 12.8. The number of hydrogen-bond acceptors (Lipinski definition) is 5. The minimum Gasteiger partial charge on any atom is -0.354 e. The van der Waals surface area contributed by atoms with Crippen molar-refractivity contribution in [2.24, 2.45) is 5.41 Å². The van der Waals surface area contributed by atoms with Crippen LogP contribution in [0.2, 0.25) is 0 Å². The monoisotopic (exact) mass is 357 g/mol. The highest BCUT2D eigenvalue weighted by atomic mass is 32.2. The Morgan fingerprint density at radius 3 is 2.32 bits per heavy atom. The molecule has 0 unspecified atom stereocenters. The Bertz CT molecular complexity index is 711. The number of amides is 1. The molecule has 0 saturated heterocycles. The topological polar surface area (TPSA) is 63.2 Å². The average Bonchev–Trinajstić information content (AvgIpc) is 3.11. The molecule has 2 aromatic rings. The van der Waals surface area contributed by atoms with E-state index in [1.54, 1.807) is 44.4 Å². The van der Waals surface area contributed by atoms with E-state index in [9.17, 15) is 13.2 Å². The molecule has 2 rings (SSSR count). The predicted molar refractivity (Wildman–Crippen MR) is 91.0 cm³/mol. The molecule has 0 spiro atoms. The number of nitrogens with one attached hydrogen (secondary N) is 1. The summed E-state index contributed by atoms with van der Waals surface area (Å²) in [6, 6.07) is 6.94. The minimum atomic E-state index is -3.51. The Labute approximate surface area is 139 Å². The number of thiophene rings is 2. The van der Waals surface area contributed by atoms with Crippen LogP contribution in [0, 0.1) is 5.41 Å². The number of hydrogen-bond donors (Lipinski definition) is 1. The Kier molecular flexibility index (Phi) is 5.09. The third-order valence-corrected chi connectivity index (χ3v) is 7.79. The fraction of sp³-hybridized carbons (Fsp3) is 0.400. The number of rotatable bonds is 5. The molecular weight excluding hydrogens is 338 g/mol. The zero-order valence-electron chi connectivity index (χ0n) is 12.7. The first-order valence-corrected chi connectivity index (χ1v) is 10.1. The van der Waals surface area contributed by atoms with E-state index < -0.39 is 20.5 Å². The summed E-state index contributed by atoms with van der Waals surface area (Å²) < 4.78 is 26.0. The fourth-order valence-corrected chi connectivity index (χ4v) is 5.84. The van der Waals surface area contributed by atoms with E-state index in [0.717, 1.165) is 4.88 Å². The number of carbonyl (C=O) groups excluding carboxylic acids is 1. The lowest BCUT2D eigenvalue weighted by Crippen LogP contribution is -2.38. The second kappa shape index (κ2) is 6.52. The van der Waals surface area contributed by atoms with Crippen LogP contribution in [0.3, 0.4) is 0 Å². The van der Waals surface area contributed by atoms with Gasteiger partial charge in [-0.3, -0.25) is 4.79 Å². The van der Waals surface area contributed by atoms with Gasteiger partial charge in [0.05, 0.1) is 0 Å². The molecule has 0 radical (unpaired) electrons. The summed E-state index contributed by atoms with van der Waals surface area (Å²) in [6.45, 7) is 5.49. The number of carbonyl (C=O) groups is 1. The van der Waals surface area contributed by atoms with E-state index in [4.69, 9.17) is 0 Å². The maximum Gasteiger partial charge on any atom is 0.225 e. The Balaban J connectivity index is 2.28. The molecule has 1 amide bonds. The van der Waals surface area contributed by atoms with Gasteiger partial charge in [-0.1, -0.05) is 32.9 Å². The lowest BCUT2D eigenvalue weighted by atomic mass is 9.96. The molecule has 0 aliphatic heterocycles. The van der Waals surface area contributed by atoms with Crippen LogP contribution in [0.5, 0.6) is 0 Å². The van der Waals surface area contributed by atoms with Crippen molar-refractivity contribution in [3.63, 3.8) is 0 Å². The molecule has 0 aliphatic rings. The van der Waals surface area contributed by atoms with E-state index >= 15 is 0 Å². The third kappa shape index (κ3) is 3.77. The summed E-state index contributed by atoms with van der Waals surface area (Å²) in [7, 11) is -3.51. The summed E-state index contributed by atoms with van der Waals surface area (Å²) in [5.74, 6) is -0.157. The molecule has 1 atom stereocenters. The van der Waals surface area contributed by atoms with Crippen LogP contribution in [0.1, 0.15) is 30.9 Å². The summed E-state index contributed by atoms with van der Waals surface area (Å²) in [4.78, 5) is 12.8. The molecule has 0 aromatic carbocycles.